The van der Waals surface area contributed by atoms with Crippen LogP contribution < -0.4 is 9.44 Å². The fraction of sp³-hybridized carbons (Fsp3) is 0.625. The summed E-state index contributed by atoms with van der Waals surface area (Å²) in [7, 11) is -4.37. The van der Waals surface area contributed by atoms with Gasteiger partial charge in [0.25, 0.3) is 0 Å². The van der Waals surface area contributed by atoms with Gasteiger partial charge in [-0.1, -0.05) is 12.8 Å². The largest absolute Gasteiger partial charge is 0.301 e. The summed E-state index contributed by atoms with van der Waals surface area (Å²) in [5.74, 6) is 1.12. The average molecular weight is 388 g/mol. The molecule has 7 nitrogen and oxygen atoms in total. The van der Waals surface area contributed by atoms with Crippen molar-refractivity contribution in [3.8, 4) is 0 Å². The van der Waals surface area contributed by atoms with E-state index in [0.717, 1.165) is 23.6 Å². The van der Waals surface area contributed by atoms with E-state index in [1.165, 1.54) is 51.2 Å². The quantitative estimate of drug-likeness (QED) is 0.777. The third-order valence-electron chi connectivity index (χ3n) is 5.28. The normalized spacial score (nSPS) is 26.8. The Bertz CT molecular complexity index is 819. The second-order valence-corrected chi connectivity index (χ2v) is 10.7. The minimum Gasteiger partial charge on any atom is -0.271 e. The molecule has 0 amide bonds. The molecule has 0 aliphatic heterocycles. The van der Waals surface area contributed by atoms with Gasteiger partial charge in [0.15, 0.2) is 0 Å². The van der Waals surface area contributed by atoms with Crippen LogP contribution >= 0.6 is 0 Å². The number of nitrogens with zero attached hydrogens (tertiary/aromatic N) is 1. The van der Waals surface area contributed by atoms with Crippen molar-refractivity contribution in [3.63, 3.8) is 0 Å². The van der Waals surface area contributed by atoms with Crippen LogP contribution in [0.15, 0.2) is 29.2 Å². The van der Waals surface area contributed by atoms with Crippen molar-refractivity contribution >= 4 is 25.9 Å². The third kappa shape index (κ3) is 3.99. The molecular formula is C16H25N3O4S2. The van der Waals surface area contributed by atoms with Crippen LogP contribution in [-0.2, 0) is 20.2 Å². The van der Waals surface area contributed by atoms with Gasteiger partial charge in [-0.05, 0) is 55.4 Å². The minimum absolute atomic E-state index is 0.0180. The Hall–Kier alpha value is -1.16. The number of anilines is 1. The molecule has 9 heteroatoms. The molecule has 0 bridgehead atoms. The summed E-state index contributed by atoms with van der Waals surface area (Å²) in [5, 5.41) is 0. The van der Waals surface area contributed by atoms with Crippen LogP contribution in [-0.4, -0.2) is 41.3 Å². The molecule has 2 aliphatic rings. The first-order valence-corrected chi connectivity index (χ1v) is 11.4. The summed E-state index contributed by atoms with van der Waals surface area (Å²) in [5.41, 5.74) is 0.323. The molecular weight excluding hydrogens is 362 g/mol. The molecule has 25 heavy (non-hydrogen) atoms. The molecule has 2 aliphatic carbocycles. The van der Waals surface area contributed by atoms with E-state index in [2.05, 4.69) is 9.44 Å². The summed E-state index contributed by atoms with van der Waals surface area (Å²) >= 11 is 0. The first kappa shape index (κ1) is 18.6. The Morgan fingerprint density at radius 1 is 0.960 bits per heavy atom. The van der Waals surface area contributed by atoms with Gasteiger partial charge < -0.3 is 0 Å². The summed E-state index contributed by atoms with van der Waals surface area (Å²) in [6.45, 7) is 0. The van der Waals surface area contributed by atoms with Gasteiger partial charge in [0, 0.05) is 25.8 Å². The summed E-state index contributed by atoms with van der Waals surface area (Å²) in [6.07, 6.45) is 5.50. The van der Waals surface area contributed by atoms with E-state index in [1.54, 1.807) is 0 Å². The maximum atomic E-state index is 12.6. The molecule has 3 rings (SSSR count). The Morgan fingerprint density at radius 3 is 2.28 bits per heavy atom. The highest BCUT2D eigenvalue weighted by Gasteiger charge is 2.40. The zero-order valence-electron chi connectivity index (χ0n) is 14.5. The molecule has 0 heterocycles. The van der Waals surface area contributed by atoms with Crippen molar-refractivity contribution in [1.82, 2.24) is 9.03 Å². The Morgan fingerprint density at radius 2 is 1.64 bits per heavy atom. The summed E-state index contributed by atoms with van der Waals surface area (Å²) in [6, 6.07) is 5.79. The van der Waals surface area contributed by atoms with Crippen LogP contribution in [0.25, 0.3) is 0 Å². The second kappa shape index (κ2) is 6.86. The molecule has 1 aromatic carbocycles. The molecule has 0 saturated heterocycles. The lowest BCUT2D eigenvalue weighted by Crippen LogP contribution is -2.37. The Kier molecular flexibility index (Phi) is 5.11. The average Bonchev–Trinajstić information content (AvgIpc) is 3.12. The van der Waals surface area contributed by atoms with Crippen molar-refractivity contribution < 1.29 is 16.8 Å². The molecule has 2 fully saturated rings. The highest BCUT2D eigenvalue weighted by Crippen LogP contribution is 2.44. The lowest BCUT2D eigenvalue weighted by atomic mass is 9.98. The van der Waals surface area contributed by atoms with Crippen molar-refractivity contribution in [2.75, 3.05) is 18.8 Å². The highest BCUT2D eigenvalue weighted by atomic mass is 32.2. The molecule has 0 radical (unpaired) electrons. The van der Waals surface area contributed by atoms with Crippen LogP contribution in [0.5, 0.6) is 0 Å². The monoisotopic (exact) mass is 387 g/mol. The number of sulfonamides is 1. The van der Waals surface area contributed by atoms with Gasteiger partial charge in [0.1, 0.15) is 0 Å². The van der Waals surface area contributed by atoms with E-state index >= 15 is 0 Å². The fourth-order valence-corrected chi connectivity index (χ4v) is 5.86. The first-order valence-electron chi connectivity index (χ1n) is 8.52. The van der Waals surface area contributed by atoms with Crippen molar-refractivity contribution in [2.45, 2.75) is 43.0 Å². The predicted octanol–water partition coefficient (Wildman–Crippen LogP) is 1.76. The van der Waals surface area contributed by atoms with Crippen LogP contribution in [0.4, 0.5) is 5.69 Å². The second-order valence-electron chi connectivity index (χ2n) is 7.07. The summed E-state index contributed by atoms with van der Waals surface area (Å²) < 4.78 is 55.1. The highest BCUT2D eigenvalue weighted by molar-refractivity contribution is 7.90. The lowest BCUT2D eigenvalue weighted by molar-refractivity contribution is 0.400. The fourth-order valence-electron chi connectivity index (χ4n) is 3.92. The molecule has 2 N–H and O–H groups in total. The van der Waals surface area contributed by atoms with E-state index in [0.29, 0.717) is 17.5 Å². The standard InChI is InChI=1S/C16H25N3O4S2/c1-19(2)25(22,23)17-13-7-9-14(10-8-13)24(20,21)18-16-11-6-12-4-3-5-15(12)16/h7-10,12,15-18H,3-6,11H2,1-2H3/t12-,15-,16-/m1/s1. The van der Waals surface area contributed by atoms with Crippen molar-refractivity contribution in [1.29, 1.82) is 0 Å². The number of hydrogen-bond donors (Lipinski definition) is 2. The van der Waals surface area contributed by atoms with Crippen LogP contribution in [0.1, 0.15) is 32.1 Å². The molecule has 0 spiro atoms. The molecule has 0 unspecified atom stereocenters. The van der Waals surface area contributed by atoms with E-state index < -0.39 is 20.2 Å². The van der Waals surface area contributed by atoms with Crippen LogP contribution in [0.2, 0.25) is 0 Å². The topological polar surface area (TPSA) is 95.6 Å². The number of rotatable bonds is 6. The predicted molar refractivity (Wildman–Crippen MR) is 96.8 cm³/mol. The van der Waals surface area contributed by atoms with Gasteiger partial charge in [-0.15, -0.1) is 0 Å². The van der Waals surface area contributed by atoms with Gasteiger partial charge in [-0.2, -0.15) is 12.7 Å². The lowest BCUT2D eigenvalue weighted by Gasteiger charge is -2.20. The van der Waals surface area contributed by atoms with E-state index in [9.17, 15) is 16.8 Å². The zero-order chi connectivity index (χ0) is 18.2. The molecule has 2 saturated carbocycles. The summed E-state index contributed by atoms with van der Waals surface area (Å²) in [4.78, 5) is 0.154. The van der Waals surface area contributed by atoms with E-state index in [-0.39, 0.29) is 10.9 Å². The smallest absolute Gasteiger partial charge is 0.271 e. The van der Waals surface area contributed by atoms with Gasteiger partial charge in [-0.25, -0.2) is 13.1 Å². The zero-order valence-corrected chi connectivity index (χ0v) is 16.1. The van der Waals surface area contributed by atoms with Gasteiger partial charge in [0.05, 0.1) is 4.90 Å². The molecule has 140 valence electrons. The maximum absolute atomic E-state index is 12.6. The SMILES string of the molecule is CN(C)S(=O)(=O)Nc1ccc(S(=O)(=O)N[C@@H]2CC[C@H]3CCC[C@H]32)cc1. The third-order valence-corrected chi connectivity index (χ3v) is 8.24. The van der Waals surface area contributed by atoms with Crippen LogP contribution in [0, 0.1) is 11.8 Å². The number of nitrogens with one attached hydrogen (secondary N) is 2. The van der Waals surface area contributed by atoms with Crippen molar-refractivity contribution in [2.24, 2.45) is 11.8 Å². The van der Waals surface area contributed by atoms with E-state index in [4.69, 9.17) is 0 Å². The van der Waals surface area contributed by atoms with Crippen LogP contribution in [0.3, 0.4) is 0 Å². The maximum Gasteiger partial charge on any atom is 0.301 e. The van der Waals surface area contributed by atoms with E-state index in [1.807, 2.05) is 0 Å². The van der Waals surface area contributed by atoms with Gasteiger partial charge >= 0.3 is 10.2 Å². The Labute approximate surface area is 150 Å². The molecule has 0 aromatic heterocycles. The number of benzene rings is 1. The molecule has 1 aromatic rings. The minimum atomic E-state index is -3.61. The number of fused-ring (bicyclic) bond motifs is 1. The van der Waals surface area contributed by atoms with Crippen molar-refractivity contribution in [3.05, 3.63) is 24.3 Å². The van der Waals surface area contributed by atoms with Gasteiger partial charge in [0.2, 0.25) is 10.0 Å². The Balaban J connectivity index is 1.70. The number of hydrogen-bond acceptors (Lipinski definition) is 4. The van der Waals surface area contributed by atoms with Gasteiger partial charge in [-0.3, -0.25) is 4.72 Å². The molecule has 3 atom stereocenters. The first-order chi connectivity index (χ1) is 11.7.